The second-order valence-electron chi connectivity index (χ2n) is 3.70. The summed E-state index contributed by atoms with van der Waals surface area (Å²) in [6, 6.07) is 3.57. The summed E-state index contributed by atoms with van der Waals surface area (Å²) in [6.45, 7) is 4.31. The van der Waals surface area contributed by atoms with E-state index in [2.05, 4.69) is 4.98 Å². The van der Waals surface area contributed by atoms with Crippen LogP contribution in [-0.4, -0.2) is 40.0 Å². The molecule has 92 valence electrons. The molecule has 0 aliphatic carbocycles. The van der Waals surface area contributed by atoms with Gasteiger partial charge in [0.05, 0.1) is 6.42 Å². The van der Waals surface area contributed by atoms with E-state index in [1.165, 1.54) is 4.90 Å². The fraction of sp³-hybridized carbons (Fsp3) is 0.417. The second-order valence-corrected chi connectivity index (χ2v) is 3.70. The number of carbonyl (C=O) groups excluding carboxylic acids is 1. The summed E-state index contributed by atoms with van der Waals surface area (Å²) in [7, 11) is 0. The molecular formula is C12H16N2O3. The standard InChI is InChI=1S/C12H16N2O3/c1-3-14(8-6-10(15)16)12(17)11-9(2)5-4-7-13-11/h4-5,7H,3,6,8H2,1-2H3,(H,15,16). The van der Waals surface area contributed by atoms with Crippen LogP contribution in [0.15, 0.2) is 18.3 Å². The minimum Gasteiger partial charge on any atom is -0.481 e. The van der Waals surface area contributed by atoms with E-state index in [9.17, 15) is 9.59 Å². The van der Waals surface area contributed by atoms with Crippen LogP contribution in [0.1, 0.15) is 29.4 Å². The first-order valence-electron chi connectivity index (χ1n) is 5.49. The van der Waals surface area contributed by atoms with Gasteiger partial charge >= 0.3 is 5.97 Å². The number of carbonyl (C=O) groups is 2. The number of pyridine rings is 1. The Kier molecular flexibility index (Phi) is 4.63. The summed E-state index contributed by atoms with van der Waals surface area (Å²) in [5, 5.41) is 8.61. The van der Waals surface area contributed by atoms with Crippen molar-refractivity contribution in [3.05, 3.63) is 29.6 Å². The predicted molar refractivity (Wildman–Crippen MR) is 62.8 cm³/mol. The molecule has 0 atom stereocenters. The van der Waals surface area contributed by atoms with Crippen molar-refractivity contribution < 1.29 is 14.7 Å². The first-order chi connectivity index (χ1) is 8.06. The molecule has 1 N–H and O–H groups in total. The molecule has 17 heavy (non-hydrogen) atoms. The van der Waals surface area contributed by atoms with Gasteiger partial charge in [-0.15, -0.1) is 0 Å². The van der Waals surface area contributed by atoms with Crippen molar-refractivity contribution in [3.8, 4) is 0 Å². The zero-order valence-corrected chi connectivity index (χ0v) is 10.0. The summed E-state index contributed by atoms with van der Waals surface area (Å²) in [4.78, 5) is 28.1. The molecule has 5 heteroatoms. The molecule has 0 saturated carbocycles. The number of hydrogen-bond donors (Lipinski definition) is 1. The van der Waals surface area contributed by atoms with Gasteiger partial charge < -0.3 is 10.0 Å². The highest BCUT2D eigenvalue weighted by molar-refractivity contribution is 5.93. The summed E-state index contributed by atoms with van der Waals surface area (Å²) in [5.41, 5.74) is 1.19. The van der Waals surface area contributed by atoms with Crippen molar-refractivity contribution in [2.75, 3.05) is 13.1 Å². The Labute approximate surface area is 100 Å². The number of hydrogen-bond acceptors (Lipinski definition) is 3. The monoisotopic (exact) mass is 236 g/mol. The number of carboxylic acids is 1. The number of amides is 1. The number of nitrogens with zero attached hydrogens (tertiary/aromatic N) is 2. The van der Waals surface area contributed by atoms with Gasteiger partial charge in [-0.2, -0.15) is 0 Å². The zero-order chi connectivity index (χ0) is 12.8. The number of carboxylic acid groups (broad SMARTS) is 1. The lowest BCUT2D eigenvalue weighted by atomic mass is 10.2. The Morgan fingerprint density at radius 3 is 2.71 bits per heavy atom. The highest BCUT2D eigenvalue weighted by atomic mass is 16.4. The van der Waals surface area contributed by atoms with Crippen LogP contribution in [0.5, 0.6) is 0 Å². The molecule has 0 fully saturated rings. The van der Waals surface area contributed by atoms with Gasteiger partial charge in [0, 0.05) is 19.3 Å². The third-order valence-electron chi connectivity index (χ3n) is 2.48. The van der Waals surface area contributed by atoms with Crippen molar-refractivity contribution in [1.29, 1.82) is 0 Å². The summed E-state index contributed by atoms with van der Waals surface area (Å²) >= 11 is 0. The van der Waals surface area contributed by atoms with Gasteiger partial charge in [-0.3, -0.25) is 14.6 Å². The van der Waals surface area contributed by atoms with Gasteiger partial charge in [-0.25, -0.2) is 0 Å². The third-order valence-corrected chi connectivity index (χ3v) is 2.48. The van der Waals surface area contributed by atoms with Crippen molar-refractivity contribution in [2.24, 2.45) is 0 Å². The number of aryl methyl sites for hydroxylation is 1. The molecule has 0 aromatic carbocycles. The highest BCUT2D eigenvalue weighted by Gasteiger charge is 2.17. The van der Waals surface area contributed by atoms with E-state index in [0.717, 1.165) is 5.56 Å². The molecule has 1 aromatic rings. The van der Waals surface area contributed by atoms with Crippen LogP contribution >= 0.6 is 0 Å². The average Bonchev–Trinajstić information content (AvgIpc) is 2.29. The van der Waals surface area contributed by atoms with E-state index in [1.54, 1.807) is 12.3 Å². The van der Waals surface area contributed by atoms with Crippen molar-refractivity contribution in [1.82, 2.24) is 9.88 Å². The van der Waals surface area contributed by atoms with E-state index >= 15 is 0 Å². The first-order valence-corrected chi connectivity index (χ1v) is 5.49. The molecule has 1 rings (SSSR count). The van der Waals surface area contributed by atoms with E-state index in [0.29, 0.717) is 12.2 Å². The fourth-order valence-corrected chi connectivity index (χ4v) is 1.49. The lowest BCUT2D eigenvalue weighted by Gasteiger charge is -2.20. The Balaban J connectivity index is 2.79. The van der Waals surface area contributed by atoms with Crippen molar-refractivity contribution in [3.63, 3.8) is 0 Å². The van der Waals surface area contributed by atoms with Crippen LogP contribution < -0.4 is 0 Å². The second kappa shape index (κ2) is 5.98. The van der Waals surface area contributed by atoms with Gasteiger partial charge in [-0.05, 0) is 25.5 Å². The molecule has 0 radical (unpaired) electrons. The SMILES string of the molecule is CCN(CCC(=O)O)C(=O)c1ncccc1C. The Bertz CT molecular complexity index is 418. The van der Waals surface area contributed by atoms with Crippen molar-refractivity contribution in [2.45, 2.75) is 20.3 Å². The van der Waals surface area contributed by atoms with Gasteiger partial charge in [-0.1, -0.05) is 6.07 Å². The Hall–Kier alpha value is -1.91. The minimum absolute atomic E-state index is 0.0501. The lowest BCUT2D eigenvalue weighted by molar-refractivity contribution is -0.137. The van der Waals surface area contributed by atoms with Crippen LogP contribution in [0, 0.1) is 6.92 Å². The van der Waals surface area contributed by atoms with Gasteiger partial charge in [0.15, 0.2) is 0 Å². The van der Waals surface area contributed by atoms with E-state index < -0.39 is 5.97 Å². The van der Waals surface area contributed by atoms with Gasteiger partial charge in [0.2, 0.25) is 0 Å². The number of aliphatic carboxylic acids is 1. The summed E-state index contributed by atoms with van der Waals surface area (Å²) in [5.74, 6) is -1.12. The van der Waals surface area contributed by atoms with Crippen LogP contribution in [0.4, 0.5) is 0 Å². The maximum Gasteiger partial charge on any atom is 0.305 e. The van der Waals surface area contributed by atoms with Crippen LogP contribution in [0.3, 0.4) is 0 Å². The summed E-state index contributed by atoms with van der Waals surface area (Å²) < 4.78 is 0. The van der Waals surface area contributed by atoms with E-state index in [4.69, 9.17) is 5.11 Å². The van der Waals surface area contributed by atoms with Crippen molar-refractivity contribution >= 4 is 11.9 Å². The molecule has 1 amide bonds. The zero-order valence-electron chi connectivity index (χ0n) is 10.0. The Morgan fingerprint density at radius 2 is 2.18 bits per heavy atom. The molecule has 0 spiro atoms. The molecule has 5 nitrogen and oxygen atoms in total. The Morgan fingerprint density at radius 1 is 1.47 bits per heavy atom. The minimum atomic E-state index is -0.908. The number of rotatable bonds is 5. The maximum absolute atomic E-state index is 12.1. The third kappa shape index (κ3) is 3.55. The molecule has 0 bridgehead atoms. The topological polar surface area (TPSA) is 70.5 Å². The molecule has 1 heterocycles. The fourth-order valence-electron chi connectivity index (χ4n) is 1.49. The van der Waals surface area contributed by atoms with E-state index in [-0.39, 0.29) is 18.9 Å². The van der Waals surface area contributed by atoms with Gasteiger partial charge in [0.1, 0.15) is 5.69 Å². The summed E-state index contributed by atoms with van der Waals surface area (Å²) in [6.07, 6.45) is 1.51. The molecule has 0 aliphatic heterocycles. The smallest absolute Gasteiger partial charge is 0.305 e. The van der Waals surface area contributed by atoms with Crippen LogP contribution in [-0.2, 0) is 4.79 Å². The maximum atomic E-state index is 12.1. The molecular weight excluding hydrogens is 220 g/mol. The normalized spacial score (nSPS) is 10.0. The first kappa shape index (κ1) is 13.2. The molecule has 1 aromatic heterocycles. The predicted octanol–water partition coefficient (Wildman–Crippen LogP) is 1.33. The van der Waals surface area contributed by atoms with Crippen LogP contribution in [0.25, 0.3) is 0 Å². The molecule has 0 aliphatic rings. The van der Waals surface area contributed by atoms with Crippen LogP contribution in [0.2, 0.25) is 0 Å². The van der Waals surface area contributed by atoms with E-state index in [1.807, 2.05) is 19.9 Å². The quantitative estimate of drug-likeness (QED) is 0.837. The lowest BCUT2D eigenvalue weighted by Crippen LogP contribution is -2.33. The highest BCUT2D eigenvalue weighted by Crippen LogP contribution is 2.07. The largest absolute Gasteiger partial charge is 0.481 e. The molecule has 0 saturated heterocycles. The van der Waals surface area contributed by atoms with Gasteiger partial charge in [0.25, 0.3) is 5.91 Å². The number of aromatic nitrogens is 1. The molecule has 0 unspecified atom stereocenters. The average molecular weight is 236 g/mol.